The first-order chi connectivity index (χ1) is 6.61. The molecule has 0 radical (unpaired) electrons. The zero-order chi connectivity index (χ0) is 10.6. The molecular weight excluding hydrogens is 184 g/mol. The number of carbonyl (C=O) groups is 2. The number of rotatable bonds is 1. The Morgan fingerprint density at radius 1 is 1.50 bits per heavy atom. The van der Waals surface area contributed by atoms with Gasteiger partial charge < -0.3 is 10.8 Å². The van der Waals surface area contributed by atoms with Crippen LogP contribution in [0.5, 0.6) is 0 Å². The van der Waals surface area contributed by atoms with Gasteiger partial charge in [0.05, 0.1) is 11.1 Å². The van der Waals surface area contributed by atoms with Crippen LogP contribution in [0.2, 0.25) is 0 Å². The van der Waals surface area contributed by atoms with Crippen molar-refractivity contribution in [1.82, 2.24) is 4.98 Å². The zero-order valence-electron chi connectivity index (χ0n) is 7.02. The van der Waals surface area contributed by atoms with Crippen LogP contribution in [-0.4, -0.2) is 22.0 Å². The maximum absolute atomic E-state index is 10.7. The molecule has 0 aliphatic heterocycles. The summed E-state index contributed by atoms with van der Waals surface area (Å²) in [5.74, 6) is 2.43. The average Bonchev–Trinajstić information content (AvgIpc) is 2.15. The molecule has 0 aliphatic carbocycles. The number of carbonyl (C=O) groups excluding carboxylic acids is 1. The monoisotopic (exact) mass is 190 g/mol. The van der Waals surface area contributed by atoms with Gasteiger partial charge in [-0.1, -0.05) is 5.92 Å². The Morgan fingerprint density at radius 3 is 2.79 bits per heavy atom. The first-order valence-corrected chi connectivity index (χ1v) is 3.60. The maximum atomic E-state index is 10.7. The Bertz CT molecular complexity index is 443. The van der Waals surface area contributed by atoms with Crippen molar-refractivity contribution >= 4 is 11.9 Å². The fraction of sp³-hybridized carbons (Fsp3) is 0. The van der Waals surface area contributed by atoms with Crippen LogP contribution in [0.25, 0.3) is 0 Å². The molecule has 14 heavy (non-hydrogen) atoms. The Hall–Kier alpha value is -2.35. The van der Waals surface area contributed by atoms with Gasteiger partial charge in [0.1, 0.15) is 0 Å². The molecule has 0 saturated carbocycles. The Labute approximate surface area is 79.6 Å². The number of aromatic carboxylic acids is 1. The molecule has 1 aromatic heterocycles. The highest BCUT2D eigenvalue weighted by Gasteiger charge is 2.06. The minimum absolute atomic E-state index is 0.00579. The van der Waals surface area contributed by atoms with E-state index in [0.717, 1.165) is 0 Å². The van der Waals surface area contributed by atoms with Crippen molar-refractivity contribution in [1.29, 1.82) is 0 Å². The number of nitrogens with zero attached hydrogens (tertiary/aromatic N) is 1. The van der Waals surface area contributed by atoms with Crippen LogP contribution in [-0.2, 0) is 4.79 Å². The smallest absolute Gasteiger partial charge is 0.337 e. The molecule has 3 N–H and O–H groups in total. The third-order valence-corrected chi connectivity index (χ3v) is 1.37. The number of primary amides is 1. The topological polar surface area (TPSA) is 93.3 Å². The molecule has 0 bridgehead atoms. The van der Waals surface area contributed by atoms with Gasteiger partial charge in [0.15, 0.2) is 0 Å². The summed E-state index contributed by atoms with van der Waals surface area (Å²) in [5, 5.41) is 8.72. The van der Waals surface area contributed by atoms with Crippen molar-refractivity contribution in [3.05, 3.63) is 29.6 Å². The molecule has 5 heteroatoms. The van der Waals surface area contributed by atoms with Gasteiger partial charge in [0.2, 0.25) is 0 Å². The number of carboxylic acids is 1. The van der Waals surface area contributed by atoms with Gasteiger partial charge in [0.25, 0.3) is 5.91 Å². The second-order valence-corrected chi connectivity index (χ2v) is 2.34. The van der Waals surface area contributed by atoms with E-state index < -0.39 is 11.9 Å². The number of aromatic nitrogens is 1. The molecule has 1 aromatic rings. The fourth-order valence-electron chi connectivity index (χ4n) is 0.809. The number of nitrogens with two attached hydrogens (primary N) is 1. The summed E-state index contributed by atoms with van der Waals surface area (Å²) in [6, 6.07) is 1.30. The third-order valence-electron chi connectivity index (χ3n) is 1.37. The summed E-state index contributed by atoms with van der Waals surface area (Å²) >= 11 is 0. The molecule has 70 valence electrons. The van der Waals surface area contributed by atoms with Crippen molar-refractivity contribution < 1.29 is 14.7 Å². The van der Waals surface area contributed by atoms with E-state index in [1.54, 1.807) is 0 Å². The van der Waals surface area contributed by atoms with E-state index in [0.29, 0.717) is 0 Å². The summed E-state index contributed by atoms with van der Waals surface area (Å²) in [4.78, 5) is 24.7. The van der Waals surface area contributed by atoms with Gasteiger partial charge in [-0.25, -0.2) is 4.79 Å². The lowest BCUT2D eigenvalue weighted by molar-refractivity contribution is -0.112. The Kier molecular flexibility index (Phi) is 2.82. The van der Waals surface area contributed by atoms with Gasteiger partial charge in [0, 0.05) is 18.3 Å². The summed E-state index contributed by atoms with van der Waals surface area (Å²) in [6.45, 7) is 0. The standard InChI is InChI=1S/C9H6N2O3/c10-8(12)2-1-6-5-11-4-3-7(6)9(13)14/h3-5H,(H2,10,12)(H,13,14). The Balaban J connectivity index is 3.16. The first-order valence-electron chi connectivity index (χ1n) is 3.60. The molecule has 0 fully saturated rings. The lowest BCUT2D eigenvalue weighted by Crippen LogP contribution is -2.07. The van der Waals surface area contributed by atoms with E-state index in [9.17, 15) is 9.59 Å². The van der Waals surface area contributed by atoms with Crippen LogP contribution in [0.4, 0.5) is 0 Å². The second-order valence-electron chi connectivity index (χ2n) is 2.34. The largest absolute Gasteiger partial charge is 0.478 e. The van der Waals surface area contributed by atoms with E-state index in [2.05, 4.69) is 10.9 Å². The van der Waals surface area contributed by atoms with Crippen LogP contribution >= 0.6 is 0 Å². The van der Waals surface area contributed by atoms with Crippen LogP contribution < -0.4 is 5.73 Å². The maximum Gasteiger partial charge on any atom is 0.337 e. The molecule has 0 aliphatic rings. The highest BCUT2D eigenvalue weighted by atomic mass is 16.4. The molecule has 1 heterocycles. The van der Waals surface area contributed by atoms with Gasteiger partial charge >= 0.3 is 5.97 Å². The van der Waals surface area contributed by atoms with Crippen LogP contribution in [0.3, 0.4) is 0 Å². The van der Waals surface area contributed by atoms with E-state index in [1.165, 1.54) is 18.5 Å². The van der Waals surface area contributed by atoms with Gasteiger partial charge in [-0.15, -0.1) is 0 Å². The van der Waals surface area contributed by atoms with Crippen molar-refractivity contribution in [2.45, 2.75) is 0 Å². The van der Waals surface area contributed by atoms with Crippen molar-refractivity contribution in [3.63, 3.8) is 0 Å². The number of hydrogen-bond acceptors (Lipinski definition) is 3. The van der Waals surface area contributed by atoms with E-state index in [-0.39, 0.29) is 11.1 Å². The summed E-state index contributed by atoms with van der Waals surface area (Å²) in [5.41, 5.74) is 4.95. The van der Waals surface area contributed by atoms with Crippen molar-refractivity contribution in [2.24, 2.45) is 5.73 Å². The average molecular weight is 190 g/mol. The van der Waals surface area contributed by atoms with Crippen LogP contribution in [0, 0.1) is 11.8 Å². The highest BCUT2D eigenvalue weighted by molar-refractivity contribution is 5.94. The molecule has 0 atom stereocenters. The van der Waals surface area contributed by atoms with Crippen molar-refractivity contribution in [3.8, 4) is 11.8 Å². The van der Waals surface area contributed by atoms with Crippen LogP contribution in [0.1, 0.15) is 15.9 Å². The van der Waals surface area contributed by atoms with Crippen LogP contribution in [0.15, 0.2) is 18.5 Å². The predicted molar refractivity (Wildman–Crippen MR) is 47.3 cm³/mol. The Morgan fingerprint density at radius 2 is 2.21 bits per heavy atom. The molecule has 0 aromatic carbocycles. The minimum Gasteiger partial charge on any atom is -0.478 e. The molecule has 0 unspecified atom stereocenters. The van der Waals surface area contributed by atoms with E-state index in [4.69, 9.17) is 10.8 Å². The fourth-order valence-corrected chi connectivity index (χ4v) is 0.809. The third kappa shape index (κ3) is 2.32. The SMILES string of the molecule is NC(=O)C#Cc1cnccc1C(=O)O. The molecule has 0 spiro atoms. The van der Waals surface area contributed by atoms with Crippen molar-refractivity contribution in [2.75, 3.05) is 0 Å². The zero-order valence-corrected chi connectivity index (χ0v) is 7.02. The predicted octanol–water partition coefficient (Wildman–Crippen LogP) is -0.383. The van der Waals surface area contributed by atoms with E-state index >= 15 is 0 Å². The summed E-state index contributed by atoms with van der Waals surface area (Å²) in [6.07, 6.45) is 2.60. The number of carboxylic acid groups (broad SMARTS) is 1. The van der Waals surface area contributed by atoms with E-state index in [1.807, 2.05) is 5.92 Å². The molecule has 5 nitrogen and oxygen atoms in total. The van der Waals surface area contributed by atoms with Gasteiger partial charge in [-0.3, -0.25) is 9.78 Å². The lowest BCUT2D eigenvalue weighted by Gasteiger charge is -1.95. The second kappa shape index (κ2) is 4.05. The molecule has 1 rings (SSSR count). The van der Waals surface area contributed by atoms with Gasteiger partial charge in [-0.2, -0.15) is 0 Å². The molecule has 0 saturated heterocycles. The molecular formula is C9H6N2O3. The summed E-state index contributed by atoms with van der Waals surface area (Å²) in [7, 11) is 0. The normalized spacial score (nSPS) is 8.57. The lowest BCUT2D eigenvalue weighted by atomic mass is 10.1. The summed E-state index contributed by atoms with van der Waals surface area (Å²) < 4.78 is 0. The number of hydrogen-bond donors (Lipinski definition) is 2. The minimum atomic E-state index is -1.12. The quantitative estimate of drug-likeness (QED) is 0.590. The highest BCUT2D eigenvalue weighted by Crippen LogP contribution is 2.04. The number of amides is 1. The number of pyridine rings is 1. The molecule has 1 amide bonds. The first kappa shape index (κ1) is 9.74. The van der Waals surface area contributed by atoms with Gasteiger partial charge in [-0.05, 0) is 6.07 Å².